The van der Waals surface area contributed by atoms with Crippen LogP contribution in [0.15, 0.2) is 60.8 Å². The lowest BCUT2D eigenvalue weighted by molar-refractivity contribution is -0.324. The van der Waals surface area contributed by atoms with Crippen LogP contribution in [0.1, 0.15) is 11.9 Å². The number of nitrogens with one attached hydrogen (secondary N) is 1. The maximum absolute atomic E-state index is 12.2. The average molecular weight is 416 g/mol. The van der Waals surface area contributed by atoms with E-state index in [2.05, 4.69) is 28.5 Å². The van der Waals surface area contributed by atoms with Gasteiger partial charge in [0, 0.05) is 10.5 Å². The Bertz CT molecular complexity index is 785. The van der Waals surface area contributed by atoms with Gasteiger partial charge in [0.1, 0.15) is 18.8 Å². The number of azide groups is 1. The fourth-order valence-corrected chi connectivity index (χ4v) is 3.34. The van der Waals surface area contributed by atoms with Gasteiger partial charge in [-0.3, -0.25) is 0 Å². The van der Waals surface area contributed by atoms with E-state index < -0.39 is 43.0 Å². The van der Waals surface area contributed by atoms with Crippen molar-refractivity contribution < 1.29 is 28.5 Å². The summed E-state index contributed by atoms with van der Waals surface area (Å²) >= 11 is 0. The van der Waals surface area contributed by atoms with E-state index in [0.717, 1.165) is 5.56 Å². The molecule has 0 aromatic heterocycles. The van der Waals surface area contributed by atoms with Crippen LogP contribution < -0.4 is 5.32 Å². The number of nitrogens with zero attached hydrogens (tertiary/aromatic N) is 3. The lowest BCUT2D eigenvalue weighted by Gasteiger charge is -2.48. The van der Waals surface area contributed by atoms with E-state index in [9.17, 15) is 4.79 Å². The predicted octanol–water partition coefficient (Wildman–Crippen LogP) is 2.99. The molecular weight excluding hydrogens is 392 g/mol. The number of benzene rings is 1. The second-order valence-corrected chi connectivity index (χ2v) is 6.59. The van der Waals surface area contributed by atoms with Gasteiger partial charge in [-0.05, 0) is 5.53 Å². The highest BCUT2D eigenvalue weighted by molar-refractivity contribution is 5.68. The third kappa shape index (κ3) is 5.18. The first-order valence-corrected chi connectivity index (χ1v) is 9.46. The molecule has 2 saturated heterocycles. The zero-order valence-corrected chi connectivity index (χ0v) is 16.3. The van der Waals surface area contributed by atoms with Crippen molar-refractivity contribution >= 4 is 6.09 Å². The summed E-state index contributed by atoms with van der Waals surface area (Å²) < 4.78 is 28.5. The van der Waals surface area contributed by atoms with Crippen molar-refractivity contribution in [3.05, 3.63) is 71.6 Å². The summed E-state index contributed by atoms with van der Waals surface area (Å²) in [5.74, 6) is 0. The standard InChI is InChI=1S/C20H24N4O6/c1-3-10-26-19-16(22-20(25)27-11-4-2)15(23-24-21)17-14(29-19)12-28-18(30-17)13-8-6-5-7-9-13/h3-9,14-19H,1-2,10-12H2,(H,22,25)/t14-,15-,16-,17-,18?,19+/m1/s1. The van der Waals surface area contributed by atoms with Crippen LogP contribution in [0.25, 0.3) is 10.4 Å². The Hall–Kier alpha value is -2.88. The van der Waals surface area contributed by atoms with Crippen molar-refractivity contribution in [2.24, 2.45) is 5.11 Å². The number of alkyl carbamates (subject to hydrolysis) is 1. The fourth-order valence-electron chi connectivity index (χ4n) is 3.34. The minimum absolute atomic E-state index is 0.0241. The van der Waals surface area contributed by atoms with Gasteiger partial charge >= 0.3 is 6.09 Å². The number of carbonyl (C=O) groups is 1. The van der Waals surface area contributed by atoms with E-state index >= 15 is 0 Å². The van der Waals surface area contributed by atoms with Gasteiger partial charge in [-0.25, -0.2) is 4.79 Å². The van der Waals surface area contributed by atoms with E-state index in [1.54, 1.807) is 6.08 Å². The number of rotatable bonds is 8. The monoisotopic (exact) mass is 416 g/mol. The fraction of sp³-hybridized carbons (Fsp3) is 0.450. The lowest BCUT2D eigenvalue weighted by atomic mass is 9.93. The first-order valence-electron chi connectivity index (χ1n) is 9.46. The highest BCUT2D eigenvalue weighted by Crippen LogP contribution is 2.35. The molecule has 10 heteroatoms. The maximum atomic E-state index is 12.2. The molecule has 160 valence electrons. The second kappa shape index (κ2) is 10.8. The molecule has 0 saturated carbocycles. The number of amides is 1. The Morgan fingerprint density at radius 3 is 2.73 bits per heavy atom. The Morgan fingerprint density at radius 2 is 2.03 bits per heavy atom. The van der Waals surface area contributed by atoms with Crippen LogP contribution in [0.2, 0.25) is 0 Å². The molecule has 2 aliphatic rings. The zero-order chi connectivity index (χ0) is 21.3. The molecule has 1 unspecified atom stereocenters. The molecule has 10 nitrogen and oxygen atoms in total. The largest absolute Gasteiger partial charge is 0.445 e. The zero-order valence-electron chi connectivity index (χ0n) is 16.3. The van der Waals surface area contributed by atoms with Crippen molar-refractivity contribution in [1.29, 1.82) is 0 Å². The number of fused-ring (bicyclic) bond motifs is 1. The van der Waals surface area contributed by atoms with Gasteiger partial charge in [0.25, 0.3) is 0 Å². The third-order valence-electron chi connectivity index (χ3n) is 4.62. The van der Waals surface area contributed by atoms with Gasteiger partial charge in [-0.15, -0.1) is 6.58 Å². The number of carbonyl (C=O) groups excluding carboxylic acids is 1. The highest BCUT2D eigenvalue weighted by atomic mass is 16.7. The molecule has 2 aliphatic heterocycles. The molecule has 2 heterocycles. The second-order valence-electron chi connectivity index (χ2n) is 6.59. The first kappa shape index (κ1) is 21.8. The Labute approximate surface area is 174 Å². The Balaban J connectivity index is 1.83. The molecule has 1 N–H and O–H groups in total. The smallest absolute Gasteiger partial charge is 0.407 e. The van der Waals surface area contributed by atoms with Crippen molar-refractivity contribution in [2.75, 3.05) is 19.8 Å². The molecule has 0 radical (unpaired) electrons. The number of hydrogen-bond donors (Lipinski definition) is 1. The minimum Gasteiger partial charge on any atom is -0.445 e. The molecule has 30 heavy (non-hydrogen) atoms. The molecular formula is C20H24N4O6. The van der Waals surface area contributed by atoms with Gasteiger partial charge in [-0.1, -0.05) is 54.2 Å². The number of hydrogen-bond acceptors (Lipinski definition) is 7. The molecule has 6 atom stereocenters. The van der Waals surface area contributed by atoms with Crippen LogP contribution in [0.3, 0.4) is 0 Å². The summed E-state index contributed by atoms with van der Waals surface area (Å²) in [4.78, 5) is 15.1. The topological polar surface area (TPSA) is 124 Å². The minimum atomic E-state index is -0.920. The maximum Gasteiger partial charge on any atom is 0.407 e. The highest BCUT2D eigenvalue weighted by Gasteiger charge is 2.50. The Kier molecular flexibility index (Phi) is 7.83. The van der Waals surface area contributed by atoms with Gasteiger partial charge < -0.3 is 29.0 Å². The predicted molar refractivity (Wildman–Crippen MR) is 106 cm³/mol. The SMILES string of the molecule is C=CCOC(=O)N[C@H]1[C@@H](OCC=C)O[C@@H]2COC(c3ccccc3)O[C@H]2[C@@H]1N=[N+]=[N-]. The molecule has 0 spiro atoms. The quantitative estimate of drug-likeness (QED) is 0.301. The van der Waals surface area contributed by atoms with Crippen molar-refractivity contribution in [1.82, 2.24) is 5.32 Å². The van der Waals surface area contributed by atoms with E-state index in [1.165, 1.54) is 6.08 Å². The van der Waals surface area contributed by atoms with E-state index in [-0.39, 0.29) is 19.8 Å². The molecule has 0 bridgehead atoms. The van der Waals surface area contributed by atoms with Gasteiger partial charge in [0.2, 0.25) is 0 Å². The van der Waals surface area contributed by atoms with Gasteiger partial charge in [-0.2, -0.15) is 0 Å². The van der Waals surface area contributed by atoms with Gasteiger partial charge in [0.15, 0.2) is 12.6 Å². The summed E-state index contributed by atoms with van der Waals surface area (Å²) in [6.07, 6.45) is -0.548. The molecule has 1 aromatic carbocycles. The normalized spacial score (nSPS) is 30.3. The van der Waals surface area contributed by atoms with Crippen LogP contribution in [0.4, 0.5) is 4.79 Å². The third-order valence-corrected chi connectivity index (χ3v) is 4.62. The van der Waals surface area contributed by atoms with E-state index in [4.69, 9.17) is 29.2 Å². The molecule has 2 fully saturated rings. The van der Waals surface area contributed by atoms with Crippen LogP contribution in [-0.4, -0.2) is 56.5 Å². The van der Waals surface area contributed by atoms with Crippen molar-refractivity contribution in [3.8, 4) is 0 Å². The van der Waals surface area contributed by atoms with Crippen LogP contribution in [-0.2, 0) is 23.7 Å². The number of ether oxygens (including phenoxy) is 5. The first-order chi connectivity index (χ1) is 14.7. The molecule has 1 amide bonds. The van der Waals surface area contributed by atoms with Crippen LogP contribution in [0.5, 0.6) is 0 Å². The van der Waals surface area contributed by atoms with E-state index in [0.29, 0.717) is 0 Å². The summed E-state index contributed by atoms with van der Waals surface area (Å²) in [5.41, 5.74) is 9.98. The average Bonchev–Trinajstić information content (AvgIpc) is 2.78. The summed E-state index contributed by atoms with van der Waals surface area (Å²) in [6.45, 7) is 7.51. The summed E-state index contributed by atoms with van der Waals surface area (Å²) in [5, 5.41) is 6.55. The molecule has 3 rings (SSSR count). The Morgan fingerprint density at radius 1 is 1.27 bits per heavy atom. The van der Waals surface area contributed by atoms with Crippen LogP contribution in [0, 0.1) is 0 Å². The summed E-state index contributed by atoms with van der Waals surface area (Å²) in [7, 11) is 0. The van der Waals surface area contributed by atoms with Crippen molar-refractivity contribution in [3.63, 3.8) is 0 Å². The van der Waals surface area contributed by atoms with Crippen LogP contribution >= 0.6 is 0 Å². The van der Waals surface area contributed by atoms with E-state index in [1.807, 2.05) is 30.3 Å². The molecule has 0 aliphatic carbocycles. The van der Waals surface area contributed by atoms with Gasteiger partial charge in [0.05, 0.1) is 25.3 Å². The molecule has 1 aromatic rings. The van der Waals surface area contributed by atoms with Crippen molar-refractivity contribution in [2.45, 2.75) is 36.9 Å². The lowest BCUT2D eigenvalue weighted by Crippen LogP contribution is -2.66. The summed E-state index contributed by atoms with van der Waals surface area (Å²) in [6, 6.07) is 7.69.